The quantitative estimate of drug-likeness (QED) is 0.769. The molecule has 2 N–H and O–H groups in total. The maximum atomic E-state index is 11.8. The summed E-state index contributed by atoms with van der Waals surface area (Å²) < 4.78 is 5.33. The standard InChI is InChI=1S/C16H23NO4/c1-4-21-13-7-5-12(6-8-13)9-15(18)17-10-14(11(2)3)16(19)20/h5-8,11,14H,4,9-10H2,1-3H3,(H,17,18)(H,19,20). The molecule has 0 aliphatic carbocycles. The smallest absolute Gasteiger partial charge is 0.308 e. The Hall–Kier alpha value is -2.04. The summed E-state index contributed by atoms with van der Waals surface area (Å²) >= 11 is 0. The molecule has 116 valence electrons. The van der Waals surface area contributed by atoms with Crippen LogP contribution in [0.15, 0.2) is 24.3 Å². The minimum atomic E-state index is -0.883. The number of carbonyl (C=O) groups is 2. The lowest BCUT2D eigenvalue weighted by Gasteiger charge is -2.16. The van der Waals surface area contributed by atoms with Gasteiger partial charge in [-0.1, -0.05) is 26.0 Å². The Balaban J connectivity index is 2.48. The highest BCUT2D eigenvalue weighted by Gasteiger charge is 2.21. The lowest BCUT2D eigenvalue weighted by Crippen LogP contribution is -2.36. The van der Waals surface area contributed by atoms with E-state index in [1.807, 2.05) is 45.0 Å². The van der Waals surface area contributed by atoms with Crippen molar-refractivity contribution in [2.75, 3.05) is 13.2 Å². The fraction of sp³-hybridized carbons (Fsp3) is 0.500. The minimum Gasteiger partial charge on any atom is -0.494 e. The molecule has 0 aliphatic heterocycles. The van der Waals surface area contributed by atoms with Gasteiger partial charge in [0.2, 0.25) is 5.91 Å². The molecule has 5 nitrogen and oxygen atoms in total. The summed E-state index contributed by atoms with van der Waals surface area (Å²) in [4.78, 5) is 22.9. The highest BCUT2D eigenvalue weighted by molar-refractivity contribution is 5.79. The fourth-order valence-corrected chi connectivity index (χ4v) is 1.95. The molecule has 0 radical (unpaired) electrons. The fourth-order valence-electron chi connectivity index (χ4n) is 1.95. The van der Waals surface area contributed by atoms with Crippen molar-refractivity contribution < 1.29 is 19.4 Å². The summed E-state index contributed by atoms with van der Waals surface area (Å²) in [6, 6.07) is 7.31. The van der Waals surface area contributed by atoms with Crippen LogP contribution in [0.1, 0.15) is 26.3 Å². The zero-order chi connectivity index (χ0) is 15.8. The van der Waals surface area contributed by atoms with E-state index in [4.69, 9.17) is 9.84 Å². The number of benzene rings is 1. The first-order valence-electron chi connectivity index (χ1n) is 7.15. The Labute approximate surface area is 125 Å². The molecule has 1 aromatic carbocycles. The zero-order valence-corrected chi connectivity index (χ0v) is 12.8. The first-order valence-corrected chi connectivity index (χ1v) is 7.15. The number of aliphatic carboxylic acids is 1. The summed E-state index contributed by atoms with van der Waals surface area (Å²) in [7, 11) is 0. The second-order valence-corrected chi connectivity index (χ2v) is 5.25. The van der Waals surface area contributed by atoms with Crippen LogP contribution in [0.4, 0.5) is 0 Å². The van der Waals surface area contributed by atoms with E-state index in [1.165, 1.54) is 0 Å². The van der Waals surface area contributed by atoms with Gasteiger partial charge in [0.15, 0.2) is 0 Å². The molecule has 0 heterocycles. The van der Waals surface area contributed by atoms with Crippen LogP contribution in [0.2, 0.25) is 0 Å². The number of carboxylic acid groups (broad SMARTS) is 1. The molecule has 1 rings (SSSR count). The Morgan fingerprint density at radius 1 is 1.24 bits per heavy atom. The molecule has 21 heavy (non-hydrogen) atoms. The van der Waals surface area contributed by atoms with Crippen molar-refractivity contribution in [1.82, 2.24) is 5.32 Å². The van der Waals surface area contributed by atoms with Crippen LogP contribution in [0, 0.1) is 11.8 Å². The third-order valence-electron chi connectivity index (χ3n) is 3.24. The maximum Gasteiger partial charge on any atom is 0.308 e. The van der Waals surface area contributed by atoms with Gasteiger partial charge in [0.25, 0.3) is 0 Å². The van der Waals surface area contributed by atoms with Gasteiger partial charge in [-0.2, -0.15) is 0 Å². The van der Waals surface area contributed by atoms with E-state index in [0.717, 1.165) is 11.3 Å². The van der Waals surface area contributed by atoms with Gasteiger partial charge < -0.3 is 15.2 Å². The maximum absolute atomic E-state index is 11.8. The van der Waals surface area contributed by atoms with E-state index in [1.54, 1.807) is 0 Å². The molecule has 5 heteroatoms. The van der Waals surface area contributed by atoms with E-state index < -0.39 is 11.9 Å². The van der Waals surface area contributed by atoms with Crippen LogP contribution in [0.25, 0.3) is 0 Å². The van der Waals surface area contributed by atoms with E-state index in [9.17, 15) is 9.59 Å². The van der Waals surface area contributed by atoms with Crippen molar-refractivity contribution in [2.45, 2.75) is 27.2 Å². The molecular formula is C16H23NO4. The number of carboxylic acids is 1. The van der Waals surface area contributed by atoms with Crippen LogP contribution in [-0.4, -0.2) is 30.1 Å². The predicted octanol–water partition coefficient (Wildman–Crippen LogP) is 2.10. The molecular weight excluding hydrogens is 270 g/mol. The molecule has 0 saturated carbocycles. The van der Waals surface area contributed by atoms with E-state index >= 15 is 0 Å². The van der Waals surface area contributed by atoms with Crippen molar-refractivity contribution in [3.8, 4) is 5.75 Å². The average molecular weight is 293 g/mol. The Morgan fingerprint density at radius 2 is 1.86 bits per heavy atom. The van der Waals surface area contributed by atoms with Crippen LogP contribution in [-0.2, 0) is 16.0 Å². The lowest BCUT2D eigenvalue weighted by molar-refractivity contribution is -0.143. The summed E-state index contributed by atoms with van der Waals surface area (Å²) in [5, 5.41) is 11.7. The van der Waals surface area contributed by atoms with Gasteiger partial charge in [0, 0.05) is 6.54 Å². The number of hydrogen-bond donors (Lipinski definition) is 2. The summed E-state index contributed by atoms with van der Waals surface area (Å²) in [6.45, 7) is 6.33. The number of carbonyl (C=O) groups excluding carboxylic acids is 1. The van der Waals surface area contributed by atoms with Gasteiger partial charge >= 0.3 is 5.97 Å². The Kier molecular flexibility index (Phi) is 6.72. The molecule has 0 aromatic heterocycles. The third kappa shape index (κ3) is 5.85. The van der Waals surface area contributed by atoms with Crippen LogP contribution in [0.5, 0.6) is 5.75 Å². The molecule has 0 spiro atoms. The van der Waals surface area contributed by atoms with Gasteiger partial charge in [-0.3, -0.25) is 9.59 Å². The molecule has 0 saturated heterocycles. The predicted molar refractivity (Wildman–Crippen MR) is 80.3 cm³/mol. The van der Waals surface area contributed by atoms with Gasteiger partial charge in [0.1, 0.15) is 5.75 Å². The highest BCUT2D eigenvalue weighted by atomic mass is 16.5. The number of hydrogen-bond acceptors (Lipinski definition) is 3. The molecule has 0 bridgehead atoms. The Bertz CT molecular complexity index is 468. The van der Waals surface area contributed by atoms with Crippen molar-refractivity contribution in [2.24, 2.45) is 11.8 Å². The third-order valence-corrected chi connectivity index (χ3v) is 3.24. The Morgan fingerprint density at radius 3 is 2.33 bits per heavy atom. The van der Waals surface area contributed by atoms with E-state index in [2.05, 4.69) is 5.32 Å². The second kappa shape index (κ2) is 8.29. The van der Waals surface area contributed by atoms with Gasteiger partial charge in [-0.15, -0.1) is 0 Å². The van der Waals surface area contributed by atoms with Crippen molar-refractivity contribution >= 4 is 11.9 Å². The summed E-state index contributed by atoms with van der Waals surface area (Å²) in [5.41, 5.74) is 0.868. The largest absolute Gasteiger partial charge is 0.494 e. The first kappa shape index (κ1) is 17.0. The van der Waals surface area contributed by atoms with Crippen molar-refractivity contribution in [3.05, 3.63) is 29.8 Å². The molecule has 0 aliphatic rings. The topological polar surface area (TPSA) is 75.6 Å². The minimum absolute atomic E-state index is 0.0201. The molecule has 1 unspecified atom stereocenters. The van der Waals surface area contributed by atoms with Gasteiger partial charge in [-0.25, -0.2) is 0 Å². The van der Waals surface area contributed by atoms with Crippen LogP contribution >= 0.6 is 0 Å². The van der Waals surface area contributed by atoms with Gasteiger partial charge in [0.05, 0.1) is 18.9 Å². The SMILES string of the molecule is CCOc1ccc(CC(=O)NCC(C(=O)O)C(C)C)cc1. The van der Waals surface area contributed by atoms with Crippen molar-refractivity contribution in [1.29, 1.82) is 0 Å². The van der Waals surface area contributed by atoms with Crippen molar-refractivity contribution in [3.63, 3.8) is 0 Å². The van der Waals surface area contributed by atoms with E-state index in [-0.39, 0.29) is 24.8 Å². The number of ether oxygens (including phenoxy) is 1. The molecule has 1 atom stereocenters. The molecule has 1 amide bonds. The van der Waals surface area contributed by atoms with Crippen LogP contribution < -0.4 is 10.1 Å². The number of amides is 1. The normalized spacial score (nSPS) is 12.0. The zero-order valence-electron chi connectivity index (χ0n) is 12.8. The monoisotopic (exact) mass is 293 g/mol. The average Bonchev–Trinajstić information content (AvgIpc) is 2.40. The molecule has 0 fully saturated rings. The van der Waals surface area contributed by atoms with Crippen LogP contribution in [0.3, 0.4) is 0 Å². The second-order valence-electron chi connectivity index (χ2n) is 5.25. The summed E-state index contributed by atoms with van der Waals surface area (Å²) in [6.07, 6.45) is 0.233. The van der Waals surface area contributed by atoms with E-state index in [0.29, 0.717) is 6.61 Å². The first-order chi connectivity index (χ1) is 9.93. The number of rotatable bonds is 8. The highest BCUT2D eigenvalue weighted by Crippen LogP contribution is 2.13. The summed E-state index contributed by atoms with van der Waals surface area (Å²) in [5.74, 6) is -0.868. The molecule has 1 aromatic rings. The lowest BCUT2D eigenvalue weighted by atomic mass is 9.96. The van der Waals surface area contributed by atoms with Gasteiger partial charge in [-0.05, 0) is 30.5 Å². The number of nitrogens with one attached hydrogen (secondary N) is 1.